The second-order valence-electron chi connectivity index (χ2n) is 5.30. The van der Waals surface area contributed by atoms with Gasteiger partial charge in [0.25, 0.3) is 0 Å². The molecule has 0 radical (unpaired) electrons. The van der Waals surface area contributed by atoms with E-state index >= 15 is 0 Å². The fourth-order valence-electron chi connectivity index (χ4n) is 2.33. The van der Waals surface area contributed by atoms with Gasteiger partial charge >= 0.3 is 6.01 Å². The predicted octanol–water partition coefficient (Wildman–Crippen LogP) is 2.60. The molecule has 1 heterocycles. The Balaban J connectivity index is 1.91. The first-order chi connectivity index (χ1) is 12.6. The van der Waals surface area contributed by atoms with Gasteiger partial charge in [-0.05, 0) is 59.3 Å². The third-order valence-electron chi connectivity index (χ3n) is 3.59. The molecule has 1 aromatic heterocycles. The molecular formula is C18H17N5O3. The number of primary amides is 1. The minimum absolute atomic E-state index is 0.161. The molecule has 0 aliphatic heterocycles. The Morgan fingerprint density at radius 2 is 1.92 bits per heavy atom. The molecule has 3 rings (SSSR count). The zero-order valence-corrected chi connectivity index (χ0v) is 14.3. The Labute approximate surface area is 149 Å². The van der Waals surface area contributed by atoms with Gasteiger partial charge < -0.3 is 15.2 Å². The van der Waals surface area contributed by atoms with Crippen molar-refractivity contribution in [1.29, 1.82) is 0 Å². The highest BCUT2D eigenvalue weighted by Gasteiger charge is 2.14. The van der Waals surface area contributed by atoms with Crippen molar-refractivity contribution in [3.8, 4) is 23.2 Å². The largest absolute Gasteiger partial charge is 0.493 e. The summed E-state index contributed by atoms with van der Waals surface area (Å²) in [7, 11) is 1.56. The summed E-state index contributed by atoms with van der Waals surface area (Å²) in [5, 5.41) is 11.5. The fraction of sp³-hybridized carbons (Fsp3) is 0.111. The van der Waals surface area contributed by atoms with E-state index < -0.39 is 5.91 Å². The molecule has 0 spiro atoms. The van der Waals surface area contributed by atoms with Crippen LogP contribution in [0, 0.1) is 0 Å². The lowest BCUT2D eigenvalue weighted by molar-refractivity contribution is 0.100. The average molecular weight is 351 g/mol. The predicted molar refractivity (Wildman–Crippen MR) is 95.4 cm³/mol. The van der Waals surface area contributed by atoms with E-state index in [0.29, 0.717) is 22.7 Å². The van der Waals surface area contributed by atoms with E-state index in [0.717, 1.165) is 5.56 Å². The third-order valence-corrected chi connectivity index (χ3v) is 3.59. The average Bonchev–Trinajstić information content (AvgIpc) is 3.11. The molecule has 0 saturated carbocycles. The van der Waals surface area contributed by atoms with Crippen LogP contribution < -0.4 is 15.2 Å². The van der Waals surface area contributed by atoms with Crippen LogP contribution in [0.25, 0.3) is 11.8 Å². The Hall–Kier alpha value is -3.68. The lowest BCUT2D eigenvalue weighted by Crippen LogP contribution is -2.11. The lowest BCUT2D eigenvalue weighted by Gasteiger charge is -2.10. The highest BCUT2D eigenvalue weighted by molar-refractivity contribution is 5.92. The van der Waals surface area contributed by atoms with Crippen LogP contribution in [-0.4, -0.2) is 33.2 Å². The molecule has 0 fully saturated rings. The van der Waals surface area contributed by atoms with Gasteiger partial charge in [-0.25, -0.2) is 0 Å². The minimum atomic E-state index is -0.504. The summed E-state index contributed by atoms with van der Waals surface area (Å²) in [4.78, 5) is 11.2. The summed E-state index contributed by atoms with van der Waals surface area (Å²) in [6.07, 6.45) is 3.89. The van der Waals surface area contributed by atoms with Gasteiger partial charge in [-0.2, -0.15) is 4.68 Å². The van der Waals surface area contributed by atoms with Crippen molar-refractivity contribution in [1.82, 2.24) is 20.2 Å². The maximum atomic E-state index is 11.2. The number of hydrogen-bond acceptors (Lipinski definition) is 6. The molecule has 8 heteroatoms. The van der Waals surface area contributed by atoms with Gasteiger partial charge in [-0.15, -0.1) is 0 Å². The molecule has 0 aliphatic rings. The summed E-state index contributed by atoms with van der Waals surface area (Å²) in [6.45, 7) is 1.94. The number of ether oxygens (including phenoxy) is 2. The van der Waals surface area contributed by atoms with Crippen LogP contribution >= 0.6 is 0 Å². The van der Waals surface area contributed by atoms with Crippen molar-refractivity contribution in [3.05, 3.63) is 59.7 Å². The second-order valence-corrected chi connectivity index (χ2v) is 5.30. The molecule has 8 nitrogen and oxygen atoms in total. The quantitative estimate of drug-likeness (QED) is 0.732. The van der Waals surface area contributed by atoms with Crippen LogP contribution in [0.3, 0.4) is 0 Å². The van der Waals surface area contributed by atoms with Crippen molar-refractivity contribution in [2.75, 3.05) is 7.11 Å². The minimum Gasteiger partial charge on any atom is -0.493 e. The maximum absolute atomic E-state index is 11.2. The van der Waals surface area contributed by atoms with E-state index in [1.54, 1.807) is 37.4 Å². The van der Waals surface area contributed by atoms with Crippen molar-refractivity contribution in [3.63, 3.8) is 0 Å². The van der Waals surface area contributed by atoms with E-state index in [1.165, 1.54) is 4.68 Å². The number of nitrogens with two attached hydrogens (primary N) is 1. The first-order valence-electron chi connectivity index (χ1n) is 7.79. The standard InChI is InChI=1S/C18H17N5O3/c1-3-4-12-5-10-15(16(11-12)25-2)26-18-20-21-22-23(18)14-8-6-13(7-9-14)17(19)24/h3-11H,1-2H3,(H2,19,24). The number of tetrazole rings is 1. The van der Waals surface area contributed by atoms with Crippen LogP contribution in [0.5, 0.6) is 17.5 Å². The highest BCUT2D eigenvalue weighted by Crippen LogP contribution is 2.32. The summed E-state index contributed by atoms with van der Waals surface area (Å²) in [5.74, 6) is 0.528. The van der Waals surface area contributed by atoms with Crippen molar-refractivity contribution >= 4 is 12.0 Å². The van der Waals surface area contributed by atoms with Gasteiger partial charge in [0.05, 0.1) is 12.8 Å². The van der Waals surface area contributed by atoms with Gasteiger partial charge in [0.2, 0.25) is 5.91 Å². The van der Waals surface area contributed by atoms with Crippen LogP contribution in [0.2, 0.25) is 0 Å². The molecule has 3 aromatic rings. The van der Waals surface area contributed by atoms with Crippen LogP contribution in [-0.2, 0) is 0 Å². The lowest BCUT2D eigenvalue weighted by atomic mass is 10.2. The van der Waals surface area contributed by atoms with Gasteiger partial charge in [-0.3, -0.25) is 4.79 Å². The number of aromatic nitrogens is 4. The Morgan fingerprint density at radius 1 is 1.15 bits per heavy atom. The number of amides is 1. The maximum Gasteiger partial charge on any atom is 0.346 e. The third kappa shape index (κ3) is 3.54. The van der Waals surface area contributed by atoms with Crippen molar-refractivity contribution in [2.45, 2.75) is 6.92 Å². The topological polar surface area (TPSA) is 105 Å². The number of rotatable bonds is 6. The Morgan fingerprint density at radius 3 is 2.58 bits per heavy atom. The molecule has 0 saturated heterocycles. The van der Waals surface area contributed by atoms with E-state index in [1.807, 2.05) is 31.2 Å². The number of methoxy groups -OCH3 is 1. The zero-order valence-electron chi connectivity index (χ0n) is 14.3. The SMILES string of the molecule is CC=Cc1ccc(Oc2nnnn2-c2ccc(C(N)=O)cc2)c(OC)c1. The Kier molecular flexibility index (Phi) is 4.93. The molecule has 1 amide bonds. The van der Waals surface area contributed by atoms with Gasteiger partial charge in [0.1, 0.15) is 0 Å². The molecular weight excluding hydrogens is 334 g/mol. The number of benzene rings is 2. The monoisotopic (exact) mass is 351 g/mol. The summed E-state index contributed by atoms with van der Waals surface area (Å²) in [6, 6.07) is 12.2. The van der Waals surface area contributed by atoms with Crippen molar-refractivity contribution in [2.24, 2.45) is 5.73 Å². The van der Waals surface area contributed by atoms with Crippen LogP contribution in [0.15, 0.2) is 48.5 Å². The van der Waals surface area contributed by atoms with E-state index in [9.17, 15) is 4.79 Å². The molecule has 26 heavy (non-hydrogen) atoms. The molecule has 2 aromatic carbocycles. The van der Waals surface area contributed by atoms with Crippen LogP contribution in [0.1, 0.15) is 22.8 Å². The fourth-order valence-corrected chi connectivity index (χ4v) is 2.33. The molecule has 0 bridgehead atoms. The molecule has 0 unspecified atom stereocenters. The molecule has 0 atom stereocenters. The summed E-state index contributed by atoms with van der Waals surface area (Å²) >= 11 is 0. The van der Waals surface area contributed by atoms with E-state index in [4.69, 9.17) is 15.2 Å². The molecule has 0 aliphatic carbocycles. The first-order valence-corrected chi connectivity index (χ1v) is 7.79. The number of carbonyl (C=O) groups is 1. The Bertz CT molecular complexity index is 948. The zero-order chi connectivity index (χ0) is 18.5. The van der Waals surface area contributed by atoms with Gasteiger partial charge in [0, 0.05) is 5.56 Å². The van der Waals surface area contributed by atoms with Crippen molar-refractivity contribution < 1.29 is 14.3 Å². The first kappa shape index (κ1) is 17.2. The number of nitrogens with zero attached hydrogens (tertiary/aromatic N) is 4. The number of hydrogen-bond donors (Lipinski definition) is 1. The van der Waals surface area contributed by atoms with Gasteiger partial charge in [-0.1, -0.05) is 23.3 Å². The highest BCUT2D eigenvalue weighted by atomic mass is 16.5. The number of carbonyl (C=O) groups excluding carboxylic acids is 1. The smallest absolute Gasteiger partial charge is 0.346 e. The molecule has 132 valence electrons. The normalized spacial score (nSPS) is 10.8. The summed E-state index contributed by atoms with van der Waals surface area (Å²) < 4.78 is 12.6. The second kappa shape index (κ2) is 7.47. The van der Waals surface area contributed by atoms with E-state index in [-0.39, 0.29) is 6.01 Å². The van der Waals surface area contributed by atoms with Crippen LogP contribution in [0.4, 0.5) is 0 Å². The van der Waals surface area contributed by atoms with Gasteiger partial charge in [0.15, 0.2) is 11.5 Å². The van der Waals surface area contributed by atoms with E-state index in [2.05, 4.69) is 15.5 Å². The molecule has 2 N–H and O–H groups in total. The number of allylic oxidation sites excluding steroid dienone is 1. The summed E-state index contributed by atoms with van der Waals surface area (Å²) in [5.41, 5.74) is 7.25.